The Balaban J connectivity index is 1.80. The van der Waals surface area contributed by atoms with E-state index in [2.05, 4.69) is 5.32 Å². The van der Waals surface area contributed by atoms with Gasteiger partial charge in [-0.1, -0.05) is 13.8 Å². The first-order valence-corrected chi connectivity index (χ1v) is 7.24. The highest BCUT2D eigenvalue weighted by Crippen LogP contribution is 2.37. The van der Waals surface area contributed by atoms with Gasteiger partial charge in [-0.3, -0.25) is 4.79 Å². The molecule has 0 aromatic heterocycles. The first-order valence-electron chi connectivity index (χ1n) is 7.24. The van der Waals surface area contributed by atoms with Crippen LogP contribution >= 0.6 is 0 Å². The normalized spacial score (nSPS) is 26.8. The summed E-state index contributed by atoms with van der Waals surface area (Å²) in [5.41, 5.74) is 0. The van der Waals surface area contributed by atoms with Crippen LogP contribution in [0, 0.1) is 17.8 Å². The third-order valence-corrected chi connectivity index (χ3v) is 4.27. The number of urea groups is 1. The number of amides is 2. The molecule has 2 fully saturated rings. The smallest absolute Gasteiger partial charge is 0.317 e. The van der Waals surface area contributed by atoms with E-state index in [1.165, 1.54) is 6.42 Å². The third-order valence-electron chi connectivity index (χ3n) is 4.27. The quantitative estimate of drug-likeness (QED) is 0.800. The molecule has 19 heavy (non-hydrogen) atoms. The summed E-state index contributed by atoms with van der Waals surface area (Å²) < 4.78 is 0. The predicted molar refractivity (Wildman–Crippen MR) is 71.8 cm³/mol. The molecule has 1 aliphatic heterocycles. The van der Waals surface area contributed by atoms with Gasteiger partial charge < -0.3 is 15.3 Å². The maximum Gasteiger partial charge on any atom is 0.317 e. The van der Waals surface area contributed by atoms with Gasteiger partial charge >= 0.3 is 12.0 Å². The van der Waals surface area contributed by atoms with E-state index < -0.39 is 11.9 Å². The van der Waals surface area contributed by atoms with Crippen molar-refractivity contribution in [2.75, 3.05) is 13.1 Å². The topological polar surface area (TPSA) is 69.6 Å². The van der Waals surface area contributed by atoms with Crippen molar-refractivity contribution in [3.8, 4) is 0 Å². The monoisotopic (exact) mass is 268 g/mol. The van der Waals surface area contributed by atoms with Crippen molar-refractivity contribution in [3.05, 3.63) is 0 Å². The van der Waals surface area contributed by atoms with E-state index in [9.17, 15) is 9.59 Å². The van der Waals surface area contributed by atoms with E-state index in [4.69, 9.17) is 5.11 Å². The Morgan fingerprint density at radius 1 is 1.37 bits per heavy atom. The van der Waals surface area contributed by atoms with Crippen LogP contribution in [0.3, 0.4) is 0 Å². The van der Waals surface area contributed by atoms with Gasteiger partial charge in [-0.05, 0) is 37.5 Å². The first-order chi connectivity index (χ1) is 8.97. The Morgan fingerprint density at radius 3 is 2.58 bits per heavy atom. The zero-order chi connectivity index (χ0) is 14.0. The molecule has 1 saturated carbocycles. The standard InChI is InChI=1S/C14H24N2O3/c1-9(2)5-11(13(17)18)7-15-14(19)16-8-10-3-4-12(16)6-10/h9-12H,3-8H2,1-2H3,(H,15,19)(H,17,18). The molecular formula is C14H24N2O3. The number of carbonyl (C=O) groups excluding carboxylic acids is 1. The van der Waals surface area contributed by atoms with E-state index in [1.807, 2.05) is 18.7 Å². The van der Waals surface area contributed by atoms with Gasteiger partial charge in [0.1, 0.15) is 0 Å². The molecule has 5 heteroatoms. The van der Waals surface area contributed by atoms with Crippen LogP contribution in [-0.4, -0.2) is 41.1 Å². The van der Waals surface area contributed by atoms with Crippen molar-refractivity contribution in [3.63, 3.8) is 0 Å². The van der Waals surface area contributed by atoms with Gasteiger partial charge in [0.25, 0.3) is 0 Å². The fourth-order valence-electron chi connectivity index (χ4n) is 3.33. The lowest BCUT2D eigenvalue weighted by Crippen LogP contribution is -2.46. The summed E-state index contributed by atoms with van der Waals surface area (Å²) in [6.07, 6.45) is 4.06. The number of carbonyl (C=O) groups is 2. The second kappa shape index (κ2) is 5.80. The van der Waals surface area contributed by atoms with Crippen LogP contribution in [0.4, 0.5) is 4.79 Å². The predicted octanol–water partition coefficient (Wildman–Crippen LogP) is 1.93. The Bertz CT molecular complexity index is 357. The molecule has 5 nitrogen and oxygen atoms in total. The average molecular weight is 268 g/mol. The molecule has 3 unspecified atom stereocenters. The number of likely N-dealkylation sites (tertiary alicyclic amines) is 1. The highest BCUT2D eigenvalue weighted by molar-refractivity contribution is 5.76. The molecule has 108 valence electrons. The van der Waals surface area contributed by atoms with E-state index in [0.717, 1.165) is 19.4 Å². The Hall–Kier alpha value is -1.26. The zero-order valence-corrected chi connectivity index (χ0v) is 11.8. The van der Waals surface area contributed by atoms with Crippen molar-refractivity contribution in [2.45, 2.75) is 45.6 Å². The molecule has 3 atom stereocenters. The second-order valence-electron chi connectivity index (χ2n) is 6.34. The number of nitrogens with one attached hydrogen (secondary N) is 1. The van der Waals surface area contributed by atoms with E-state index in [-0.39, 0.29) is 12.6 Å². The molecule has 2 N–H and O–H groups in total. The van der Waals surface area contributed by atoms with Gasteiger partial charge in [-0.15, -0.1) is 0 Å². The molecule has 2 amide bonds. The van der Waals surface area contributed by atoms with Gasteiger partial charge in [-0.2, -0.15) is 0 Å². The molecule has 2 rings (SSSR count). The maximum absolute atomic E-state index is 12.1. The second-order valence-corrected chi connectivity index (χ2v) is 6.34. The molecule has 1 aliphatic carbocycles. The van der Waals surface area contributed by atoms with Crippen LogP contribution in [0.25, 0.3) is 0 Å². The lowest BCUT2D eigenvalue weighted by molar-refractivity contribution is -0.142. The number of hydrogen-bond acceptors (Lipinski definition) is 2. The summed E-state index contributed by atoms with van der Waals surface area (Å²) in [4.78, 5) is 25.1. The van der Waals surface area contributed by atoms with Crippen molar-refractivity contribution in [1.29, 1.82) is 0 Å². The molecule has 2 bridgehead atoms. The van der Waals surface area contributed by atoms with E-state index in [1.54, 1.807) is 0 Å². The van der Waals surface area contributed by atoms with E-state index >= 15 is 0 Å². The number of piperidine rings is 1. The van der Waals surface area contributed by atoms with Gasteiger partial charge in [0.15, 0.2) is 0 Å². The van der Waals surface area contributed by atoms with Gasteiger partial charge in [0.2, 0.25) is 0 Å². The van der Waals surface area contributed by atoms with Gasteiger partial charge in [0.05, 0.1) is 5.92 Å². The number of carboxylic acid groups (broad SMARTS) is 1. The van der Waals surface area contributed by atoms with Crippen LogP contribution in [0.1, 0.15) is 39.5 Å². The summed E-state index contributed by atoms with van der Waals surface area (Å²) in [6.45, 7) is 5.08. The summed E-state index contributed by atoms with van der Waals surface area (Å²) in [5, 5.41) is 11.9. The highest BCUT2D eigenvalue weighted by Gasteiger charge is 2.40. The Labute approximate surface area is 114 Å². The zero-order valence-electron chi connectivity index (χ0n) is 11.8. The number of carboxylic acids is 1. The van der Waals surface area contributed by atoms with Crippen LogP contribution < -0.4 is 5.32 Å². The lowest BCUT2D eigenvalue weighted by Gasteiger charge is -2.27. The largest absolute Gasteiger partial charge is 0.481 e. The molecule has 2 aliphatic rings. The van der Waals surface area contributed by atoms with Crippen LogP contribution in [0.5, 0.6) is 0 Å². The van der Waals surface area contributed by atoms with Gasteiger partial charge in [0, 0.05) is 19.1 Å². The minimum atomic E-state index is -0.822. The number of nitrogens with zero attached hydrogens (tertiary/aromatic N) is 1. The minimum Gasteiger partial charge on any atom is -0.481 e. The number of aliphatic carboxylic acids is 1. The molecule has 0 radical (unpaired) electrons. The highest BCUT2D eigenvalue weighted by atomic mass is 16.4. The average Bonchev–Trinajstić information content (AvgIpc) is 2.95. The molecule has 1 heterocycles. The molecular weight excluding hydrogens is 244 g/mol. The van der Waals surface area contributed by atoms with Crippen molar-refractivity contribution < 1.29 is 14.7 Å². The van der Waals surface area contributed by atoms with Crippen molar-refractivity contribution >= 4 is 12.0 Å². The fraction of sp³-hybridized carbons (Fsp3) is 0.857. The maximum atomic E-state index is 12.1. The molecule has 1 saturated heterocycles. The summed E-state index contributed by atoms with van der Waals surface area (Å²) >= 11 is 0. The molecule has 0 spiro atoms. The van der Waals surface area contributed by atoms with Crippen LogP contribution in [-0.2, 0) is 4.79 Å². The summed E-state index contributed by atoms with van der Waals surface area (Å²) in [7, 11) is 0. The lowest BCUT2D eigenvalue weighted by atomic mass is 9.97. The number of hydrogen-bond donors (Lipinski definition) is 2. The fourth-order valence-corrected chi connectivity index (χ4v) is 3.33. The van der Waals surface area contributed by atoms with E-state index in [0.29, 0.717) is 24.3 Å². The van der Waals surface area contributed by atoms with Crippen LogP contribution in [0.15, 0.2) is 0 Å². The summed E-state index contributed by atoms with van der Waals surface area (Å²) in [6, 6.07) is 0.306. The molecule has 0 aromatic rings. The Morgan fingerprint density at radius 2 is 2.11 bits per heavy atom. The third kappa shape index (κ3) is 3.39. The minimum absolute atomic E-state index is 0.0813. The number of fused-ring (bicyclic) bond motifs is 2. The van der Waals surface area contributed by atoms with Crippen LogP contribution in [0.2, 0.25) is 0 Å². The van der Waals surface area contributed by atoms with Crippen molar-refractivity contribution in [1.82, 2.24) is 10.2 Å². The molecule has 0 aromatic carbocycles. The summed E-state index contributed by atoms with van der Waals surface area (Å²) in [5.74, 6) is -0.317. The van der Waals surface area contributed by atoms with Gasteiger partial charge in [-0.25, -0.2) is 4.79 Å². The number of rotatable bonds is 5. The SMILES string of the molecule is CC(C)CC(CNC(=O)N1CC2CCC1C2)C(=O)O. The van der Waals surface area contributed by atoms with Crippen molar-refractivity contribution in [2.24, 2.45) is 17.8 Å². The first kappa shape index (κ1) is 14.2. The Kier molecular flexibility index (Phi) is 4.32.